The Morgan fingerprint density at radius 2 is 1.96 bits per heavy atom. The van der Waals surface area contributed by atoms with Gasteiger partial charge in [-0.2, -0.15) is 10.2 Å². The standard InChI is InChI=1S/C19H23N5/c1-15-12-16(2)23(21-15)19-9-11-22(14-19)13-18-8-10-20-24(18)17-6-4-3-5-7-17/h3-8,10,12,19H,9,11,13-14H2,1-2H3/t19-/m1/s1. The van der Waals surface area contributed by atoms with Crippen molar-refractivity contribution in [3.8, 4) is 5.69 Å². The summed E-state index contributed by atoms with van der Waals surface area (Å²) in [7, 11) is 0. The minimum Gasteiger partial charge on any atom is -0.295 e. The fourth-order valence-electron chi connectivity index (χ4n) is 3.65. The van der Waals surface area contributed by atoms with Gasteiger partial charge >= 0.3 is 0 Å². The number of hydrogen-bond acceptors (Lipinski definition) is 3. The highest BCUT2D eigenvalue weighted by Crippen LogP contribution is 2.24. The molecule has 1 atom stereocenters. The van der Waals surface area contributed by atoms with Crippen LogP contribution in [0.15, 0.2) is 48.7 Å². The summed E-state index contributed by atoms with van der Waals surface area (Å²) in [6.45, 7) is 7.28. The summed E-state index contributed by atoms with van der Waals surface area (Å²) in [6, 6.07) is 15.1. The first kappa shape index (κ1) is 15.1. The number of likely N-dealkylation sites (tertiary alicyclic amines) is 1. The molecule has 5 nitrogen and oxygen atoms in total. The van der Waals surface area contributed by atoms with Crippen molar-refractivity contribution in [1.29, 1.82) is 0 Å². The molecule has 0 amide bonds. The van der Waals surface area contributed by atoms with Crippen molar-refractivity contribution in [3.63, 3.8) is 0 Å². The molecule has 0 bridgehead atoms. The lowest BCUT2D eigenvalue weighted by atomic mass is 10.2. The molecule has 4 rings (SSSR count). The van der Waals surface area contributed by atoms with E-state index in [0.29, 0.717) is 6.04 Å². The molecule has 0 radical (unpaired) electrons. The summed E-state index contributed by atoms with van der Waals surface area (Å²) < 4.78 is 4.24. The predicted molar refractivity (Wildman–Crippen MR) is 94.2 cm³/mol. The van der Waals surface area contributed by atoms with Crippen molar-refractivity contribution in [2.45, 2.75) is 32.9 Å². The maximum atomic E-state index is 4.66. The van der Waals surface area contributed by atoms with E-state index in [1.54, 1.807) is 0 Å². The molecule has 5 heteroatoms. The van der Waals surface area contributed by atoms with Crippen molar-refractivity contribution in [2.75, 3.05) is 13.1 Å². The number of rotatable bonds is 4. The molecule has 1 saturated heterocycles. The second-order valence-corrected chi connectivity index (χ2v) is 6.62. The van der Waals surface area contributed by atoms with Crippen LogP contribution >= 0.6 is 0 Å². The Morgan fingerprint density at radius 1 is 1.12 bits per heavy atom. The third-order valence-electron chi connectivity index (χ3n) is 4.75. The van der Waals surface area contributed by atoms with Gasteiger partial charge in [-0.05, 0) is 44.5 Å². The average molecular weight is 321 g/mol. The van der Waals surface area contributed by atoms with E-state index in [1.807, 2.05) is 16.9 Å². The Labute approximate surface area is 142 Å². The zero-order valence-electron chi connectivity index (χ0n) is 14.3. The third kappa shape index (κ3) is 2.87. The van der Waals surface area contributed by atoms with Crippen LogP contribution in [0.1, 0.15) is 29.5 Å². The van der Waals surface area contributed by atoms with Gasteiger partial charge in [-0.3, -0.25) is 9.58 Å². The van der Waals surface area contributed by atoms with Gasteiger partial charge in [0.15, 0.2) is 0 Å². The summed E-state index contributed by atoms with van der Waals surface area (Å²) in [5, 5.41) is 9.16. The normalized spacial score (nSPS) is 18.3. The zero-order chi connectivity index (χ0) is 16.5. The van der Waals surface area contributed by atoms with E-state index >= 15 is 0 Å². The summed E-state index contributed by atoms with van der Waals surface area (Å²) >= 11 is 0. The molecule has 24 heavy (non-hydrogen) atoms. The van der Waals surface area contributed by atoms with Gasteiger partial charge in [0.05, 0.1) is 23.1 Å². The molecule has 3 heterocycles. The van der Waals surface area contributed by atoms with Gasteiger partial charge < -0.3 is 0 Å². The Balaban J connectivity index is 1.48. The van der Waals surface area contributed by atoms with Gasteiger partial charge in [0.1, 0.15) is 0 Å². The minimum atomic E-state index is 0.479. The fourth-order valence-corrected chi connectivity index (χ4v) is 3.65. The molecule has 1 fully saturated rings. The molecule has 0 saturated carbocycles. The maximum Gasteiger partial charge on any atom is 0.0661 e. The smallest absolute Gasteiger partial charge is 0.0661 e. The lowest BCUT2D eigenvalue weighted by Gasteiger charge is -2.18. The van der Waals surface area contributed by atoms with Crippen LogP contribution in [0, 0.1) is 13.8 Å². The lowest BCUT2D eigenvalue weighted by molar-refractivity contribution is 0.304. The molecule has 0 unspecified atom stereocenters. The molecule has 124 valence electrons. The summed E-state index contributed by atoms with van der Waals surface area (Å²) in [6.07, 6.45) is 3.04. The van der Waals surface area contributed by atoms with Crippen molar-refractivity contribution < 1.29 is 0 Å². The van der Waals surface area contributed by atoms with E-state index in [-0.39, 0.29) is 0 Å². The maximum absolute atomic E-state index is 4.66. The van der Waals surface area contributed by atoms with Gasteiger partial charge in [0.2, 0.25) is 0 Å². The molecule has 2 aromatic heterocycles. The highest BCUT2D eigenvalue weighted by atomic mass is 15.3. The van der Waals surface area contributed by atoms with Crippen molar-refractivity contribution >= 4 is 0 Å². The number of nitrogens with zero attached hydrogens (tertiary/aromatic N) is 5. The first-order chi connectivity index (χ1) is 11.7. The van der Waals surface area contributed by atoms with Crippen molar-refractivity contribution in [1.82, 2.24) is 24.5 Å². The molecule has 0 N–H and O–H groups in total. The summed E-state index contributed by atoms with van der Waals surface area (Å²) in [4.78, 5) is 2.50. The van der Waals surface area contributed by atoms with E-state index in [2.05, 4.69) is 70.0 Å². The number of aromatic nitrogens is 4. The monoisotopic (exact) mass is 321 g/mol. The first-order valence-corrected chi connectivity index (χ1v) is 8.54. The Kier molecular flexibility index (Phi) is 3.94. The van der Waals surface area contributed by atoms with E-state index in [1.165, 1.54) is 11.4 Å². The number of para-hydroxylation sites is 1. The fraction of sp³-hybridized carbons (Fsp3) is 0.368. The molecule has 1 aromatic carbocycles. The third-order valence-corrected chi connectivity index (χ3v) is 4.75. The number of benzene rings is 1. The van der Waals surface area contributed by atoms with Gasteiger partial charge in [-0.25, -0.2) is 4.68 Å². The van der Waals surface area contributed by atoms with Crippen LogP contribution in [0.4, 0.5) is 0 Å². The lowest BCUT2D eigenvalue weighted by Crippen LogP contribution is -2.23. The van der Waals surface area contributed by atoms with Crippen LogP contribution in [0.3, 0.4) is 0 Å². The SMILES string of the molecule is Cc1cc(C)n([C@@H]2CCN(Cc3ccnn3-c3ccccc3)C2)n1. The van der Waals surface area contributed by atoms with E-state index in [0.717, 1.165) is 37.4 Å². The Morgan fingerprint density at radius 3 is 2.71 bits per heavy atom. The van der Waals surface area contributed by atoms with Gasteiger partial charge in [-0.15, -0.1) is 0 Å². The second-order valence-electron chi connectivity index (χ2n) is 6.62. The van der Waals surface area contributed by atoms with Crippen LogP contribution < -0.4 is 0 Å². The summed E-state index contributed by atoms with van der Waals surface area (Å²) in [5.74, 6) is 0. The Bertz CT molecular complexity index is 817. The quantitative estimate of drug-likeness (QED) is 0.741. The topological polar surface area (TPSA) is 38.9 Å². The van der Waals surface area contributed by atoms with Crippen LogP contribution in [-0.2, 0) is 6.54 Å². The van der Waals surface area contributed by atoms with Crippen LogP contribution in [0.2, 0.25) is 0 Å². The second kappa shape index (κ2) is 6.24. The van der Waals surface area contributed by atoms with Gasteiger partial charge in [-0.1, -0.05) is 18.2 Å². The molecular weight excluding hydrogens is 298 g/mol. The largest absolute Gasteiger partial charge is 0.295 e. The predicted octanol–water partition coefficient (Wildman–Crippen LogP) is 3.13. The van der Waals surface area contributed by atoms with E-state index in [4.69, 9.17) is 0 Å². The van der Waals surface area contributed by atoms with E-state index in [9.17, 15) is 0 Å². The number of hydrogen-bond donors (Lipinski definition) is 0. The first-order valence-electron chi connectivity index (χ1n) is 8.54. The van der Waals surface area contributed by atoms with E-state index < -0.39 is 0 Å². The van der Waals surface area contributed by atoms with Gasteiger partial charge in [0, 0.05) is 31.5 Å². The van der Waals surface area contributed by atoms with Crippen molar-refractivity contribution in [2.24, 2.45) is 0 Å². The average Bonchev–Trinajstić information content (AvgIpc) is 3.29. The molecule has 0 aliphatic carbocycles. The highest BCUT2D eigenvalue weighted by Gasteiger charge is 2.26. The highest BCUT2D eigenvalue weighted by molar-refractivity contribution is 5.32. The molecule has 3 aromatic rings. The van der Waals surface area contributed by atoms with Gasteiger partial charge in [0.25, 0.3) is 0 Å². The summed E-state index contributed by atoms with van der Waals surface area (Å²) in [5.41, 5.74) is 4.71. The van der Waals surface area contributed by atoms with Crippen molar-refractivity contribution in [3.05, 3.63) is 65.7 Å². The molecule has 1 aliphatic rings. The molecule has 0 spiro atoms. The van der Waals surface area contributed by atoms with Crippen LogP contribution in [0.5, 0.6) is 0 Å². The molecular formula is C19H23N5. The zero-order valence-corrected chi connectivity index (χ0v) is 14.3. The number of aryl methyl sites for hydroxylation is 2. The van der Waals surface area contributed by atoms with Crippen LogP contribution in [0.25, 0.3) is 5.69 Å². The van der Waals surface area contributed by atoms with Crippen LogP contribution in [-0.4, -0.2) is 37.6 Å². The molecule has 1 aliphatic heterocycles. The minimum absolute atomic E-state index is 0.479. The Hall–Kier alpha value is -2.40.